The van der Waals surface area contributed by atoms with Crippen molar-refractivity contribution in [1.82, 2.24) is 4.72 Å². The van der Waals surface area contributed by atoms with E-state index >= 15 is 0 Å². The fourth-order valence-corrected chi connectivity index (χ4v) is 5.59. The first-order valence-corrected chi connectivity index (χ1v) is 13.7. The Labute approximate surface area is 223 Å². The molecule has 0 radical (unpaired) electrons. The van der Waals surface area contributed by atoms with Crippen molar-refractivity contribution in [3.05, 3.63) is 70.7 Å². The molecule has 0 atom stereocenters. The zero-order chi connectivity index (χ0) is 23.4. The molecule has 2 aliphatic rings. The minimum atomic E-state index is -4.35. The summed E-state index contributed by atoms with van der Waals surface area (Å²) in [7, 11) is -7.97. The molecule has 0 bridgehead atoms. The third-order valence-corrected chi connectivity index (χ3v) is 7.86. The van der Waals surface area contributed by atoms with Gasteiger partial charge in [0.15, 0.2) is 0 Å². The molecule has 2 aliphatic carbocycles. The van der Waals surface area contributed by atoms with Gasteiger partial charge in [-0.05, 0) is 72.7 Å². The molecule has 0 aromatic heterocycles. The Hall–Kier alpha value is -0.970. The SMILES string of the molecule is CCCc1ccc2c(CCCCNS(=O)(=O)c3ccc(Cl)cc3)cc(S(=O)(=O)O)c-2cc1.[NaH]. The Morgan fingerprint density at radius 3 is 2.12 bits per heavy atom. The second kappa shape index (κ2) is 12.1. The molecule has 0 spiro atoms. The van der Waals surface area contributed by atoms with Crippen LogP contribution in [0.25, 0.3) is 11.1 Å². The summed E-state index contributed by atoms with van der Waals surface area (Å²) in [6, 6.07) is 15.0. The topological polar surface area (TPSA) is 101 Å². The van der Waals surface area contributed by atoms with Crippen LogP contribution in [0.1, 0.15) is 37.3 Å². The predicted molar refractivity (Wildman–Crippen MR) is 134 cm³/mol. The van der Waals surface area contributed by atoms with Gasteiger partial charge in [0.25, 0.3) is 10.1 Å². The van der Waals surface area contributed by atoms with Crippen molar-refractivity contribution in [2.24, 2.45) is 0 Å². The van der Waals surface area contributed by atoms with Gasteiger partial charge in [0, 0.05) is 17.1 Å². The molecule has 2 N–H and O–H groups in total. The number of aryl methyl sites for hydroxylation is 2. The van der Waals surface area contributed by atoms with E-state index in [1.807, 2.05) is 18.2 Å². The van der Waals surface area contributed by atoms with Gasteiger partial charge in [-0.15, -0.1) is 0 Å². The Bertz CT molecular complexity index is 1260. The van der Waals surface area contributed by atoms with Gasteiger partial charge in [-0.3, -0.25) is 4.55 Å². The normalized spacial score (nSPS) is 12.0. The van der Waals surface area contributed by atoms with Crippen molar-refractivity contribution >= 4 is 61.3 Å². The Kier molecular flexibility index (Phi) is 10.4. The van der Waals surface area contributed by atoms with Gasteiger partial charge >= 0.3 is 29.6 Å². The van der Waals surface area contributed by atoms with Gasteiger partial charge in [-0.2, -0.15) is 8.42 Å². The van der Waals surface area contributed by atoms with Crippen molar-refractivity contribution < 1.29 is 21.4 Å². The van der Waals surface area contributed by atoms with E-state index in [9.17, 15) is 21.4 Å². The zero-order valence-corrected chi connectivity index (χ0v) is 20.1. The molecule has 6 nitrogen and oxygen atoms in total. The fourth-order valence-electron chi connectivity index (χ4n) is 3.64. The number of sulfonamides is 1. The maximum absolute atomic E-state index is 12.3. The van der Waals surface area contributed by atoms with Gasteiger partial charge in [-0.25, -0.2) is 13.1 Å². The van der Waals surface area contributed by atoms with Crippen molar-refractivity contribution in [3.63, 3.8) is 0 Å². The standard InChI is InChI=1S/C23H26ClNO5S2.Na.H/c1-2-5-17-7-13-21-18(16-23(32(28,29)30)22(21)14-8-17)6-3-4-15-25-31(26,27)20-11-9-19(24)10-12-20;;/h7-14,16,25H,2-6,15H2,1H3,(H,28,29,30);;. The summed E-state index contributed by atoms with van der Waals surface area (Å²) in [5, 5.41) is 0.463. The van der Waals surface area contributed by atoms with Crippen LogP contribution in [0.15, 0.2) is 64.4 Å². The third kappa shape index (κ3) is 7.50. The van der Waals surface area contributed by atoms with Crippen LogP contribution < -0.4 is 4.72 Å². The van der Waals surface area contributed by atoms with Crippen LogP contribution in [-0.2, 0) is 33.0 Å². The molecular weight excluding hydrogens is 493 g/mol. The summed E-state index contributed by atoms with van der Waals surface area (Å²) in [6.45, 7) is 2.33. The summed E-state index contributed by atoms with van der Waals surface area (Å²) >= 11 is 5.80. The second-order valence-corrected chi connectivity index (χ2v) is 11.2. The molecule has 0 saturated heterocycles. The number of fused-ring (bicyclic) bond motifs is 1. The molecule has 1 aromatic rings. The first kappa shape index (κ1) is 28.3. The van der Waals surface area contributed by atoms with Crippen molar-refractivity contribution in [3.8, 4) is 11.1 Å². The van der Waals surface area contributed by atoms with Crippen LogP contribution in [0.5, 0.6) is 0 Å². The summed E-state index contributed by atoms with van der Waals surface area (Å²) in [6.07, 6.45) is 3.62. The summed E-state index contributed by atoms with van der Waals surface area (Å²) < 4.78 is 60.7. The zero-order valence-electron chi connectivity index (χ0n) is 17.7. The van der Waals surface area contributed by atoms with E-state index in [2.05, 4.69) is 11.6 Å². The number of benzene rings is 1. The van der Waals surface area contributed by atoms with Crippen LogP contribution in [0, 0.1) is 0 Å². The van der Waals surface area contributed by atoms with E-state index in [0.717, 1.165) is 29.5 Å². The Morgan fingerprint density at radius 1 is 0.879 bits per heavy atom. The van der Waals surface area contributed by atoms with E-state index in [0.29, 0.717) is 29.8 Å². The van der Waals surface area contributed by atoms with Gasteiger partial charge in [-0.1, -0.05) is 49.2 Å². The van der Waals surface area contributed by atoms with Gasteiger partial charge in [0.05, 0.1) is 4.90 Å². The van der Waals surface area contributed by atoms with Crippen LogP contribution in [0.4, 0.5) is 0 Å². The second-order valence-electron chi connectivity index (χ2n) is 7.64. The number of halogens is 1. The first-order chi connectivity index (χ1) is 15.1. The summed E-state index contributed by atoms with van der Waals surface area (Å²) in [4.78, 5) is 0.0571. The average Bonchev–Trinajstić information content (AvgIpc) is 2.95. The van der Waals surface area contributed by atoms with Crippen LogP contribution in [0.2, 0.25) is 5.02 Å². The molecule has 0 fully saturated rings. The monoisotopic (exact) mass is 519 g/mol. The molecule has 0 unspecified atom stereocenters. The molecule has 10 heteroatoms. The van der Waals surface area contributed by atoms with Crippen LogP contribution >= 0.6 is 11.6 Å². The Balaban J connectivity index is 0.00000385. The molecule has 174 valence electrons. The van der Waals surface area contributed by atoms with Gasteiger partial charge in [0.2, 0.25) is 10.0 Å². The number of hydrogen-bond acceptors (Lipinski definition) is 4. The number of rotatable bonds is 10. The minimum absolute atomic E-state index is 0. The number of hydrogen-bond donors (Lipinski definition) is 2. The van der Waals surface area contributed by atoms with Gasteiger partial charge < -0.3 is 0 Å². The summed E-state index contributed by atoms with van der Waals surface area (Å²) in [5.74, 6) is 0. The van der Waals surface area contributed by atoms with E-state index in [1.54, 1.807) is 6.07 Å². The van der Waals surface area contributed by atoms with Crippen molar-refractivity contribution in [2.45, 2.75) is 48.8 Å². The molecule has 0 saturated carbocycles. The molecule has 0 heterocycles. The first-order valence-electron chi connectivity index (χ1n) is 10.4. The quantitative estimate of drug-likeness (QED) is 0.236. The molecule has 1 aromatic carbocycles. The third-order valence-electron chi connectivity index (χ3n) is 5.24. The fraction of sp³-hybridized carbons (Fsp3) is 0.304. The van der Waals surface area contributed by atoms with E-state index in [4.69, 9.17) is 11.6 Å². The molecule has 0 amide bonds. The van der Waals surface area contributed by atoms with Crippen molar-refractivity contribution in [2.75, 3.05) is 6.54 Å². The predicted octanol–water partition coefficient (Wildman–Crippen LogP) is 4.30. The summed E-state index contributed by atoms with van der Waals surface area (Å²) in [5.41, 5.74) is 3.18. The Morgan fingerprint density at radius 2 is 1.52 bits per heavy atom. The van der Waals surface area contributed by atoms with Crippen LogP contribution in [-0.4, -0.2) is 57.5 Å². The molecule has 0 aliphatic heterocycles. The maximum atomic E-state index is 12.3. The van der Waals surface area contributed by atoms with E-state index in [-0.39, 0.29) is 45.9 Å². The van der Waals surface area contributed by atoms with Crippen LogP contribution in [0.3, 0.4) is 0 Å². The molecule has 33 heavy (non-hydrogen) atoms. The van der Waals surface area contributed by atoms with E-state index < -0.39 is 20.1 Å². The van der Waals surface area contributed by atoms with E-state index in [1.165, 1.54) is 30.3 Å². The molecule has 3 rings (SSSR count). The average molecular weight is 520 g/mol. The number of nitrogens with one attached hydrogen (secondary N) is 1. The van der Waals surface area contributed by atoms with Gasteiger partial charge in [0.1, 0.15) is 4.90 Å². The molecular formula is C23H27ClNNaO5S2. The number of unbranched alkanes of at least 4 members (excludes halogenated alkanes) is 1. The van der Waals surface area contributed by atoms with Crippen molar-refractivity contribution in [1.29, 1.82) is 0 Å².